The van der Waals surface area contributed by atoms with Crippen LogP contribution in [0, 0.1) is 0 Å². The molecule has 8 heteroatoms. The molecule has 0 atom stereocenters. The fourth-order valence-electron chi connectivity index (χ4n) is 1.96. The summed E-state index contributed by atoms with van der Waals surface area (Å²) >= 11 is 0. The van der Waals surface area contributed by atoms with Crippen molar-refractivity contribution in [2.24, 2.45) is 0 Å². The molecule has 0 bridgehead atoms. The maximum Gasteiger partial charge on any atom is 0.315 e. The highest BCUT2D eigenvalue weighted by atomic mass is 32.2. The Balaban J connectivity index is 1.78. The summed E-state index contributed by atoms with van der Waals surface area (Å²) in [5.74, 6) is -0.0677. The van der Waals surface area contributed by atoms with E-state index in [4.69, 9.17) is 0 Å². The highest BCUT2D eigenvalue weighted by Crippen LogP contribution is 2.07. The minimum Gasteiger partial charge on any atom is -0.334 e. The second-order valence-electron chi connectivity index (χ2n) is 5.14. The highest BCUT2D eigenvalue weighted by molar-refractivity contribution is 7.88. The molecule has 1 heterocycles. The third-order valence-corrected chi connectivity index (χ3v) is 4.64. The van der Waals surface area contributed by atoms with Crippen LogP contribution in [-0.2, 0) is 28.9 Å². The molecule has 0 spiro atoms. The van der Waals surface area contributed by atoms with E-state index >= 15 is 0 Å². The second kappa shape index (κ2) is 8.42. The largest absolute Gasteiger partial charge is 0.334 e. The first-order valence-electron chi connectivity index (χ1n) is 7.39. The zero-order chi connectivity index (χ0) is 17.4. The SMILES string of the molecule is CNS(=O)(=O)Cc1ccc(CNC(=O)NCc2ccccn2)cc1. The van der Waals surface area contributed by atoms with Gasteiger partial charge >= 0.3 is 6.03 Å². The number of carbonyl (C=O) groups is 1. The summed E-state index contributed by atoms with van der Waals surface area (Å²) in [4.78, 5) is 15.9. The van der Waals surface area contributed by atoms with Gasteiger partial charge in [0.05, 0.1) is 18.0 Å². The van der Waals surface area contributed by atoms with Crippen LogP contribution in [0.1, 0.15) is 16.8 Å². The first kappa shape index (κ1) is 17.9. The van der Waals surface area contributed by atoms with Crippen molar-refractivity contribution >= 4 is 16.1 Å². The van der Waals surface area contributed by atoms with Crippen molar-refractivity contribution in [2.45, 2.75) is 18.8 Å². The van der Waals surface area contributed by atoms with Gasteiger partial charge in [-0.2, -0.15) is 0 Å². The molecule has 7 nitrogen and oxygen atoms in total. The van der Waals surface area contributed by atoms with E-state index < -0.39 is 10.0 Å². The molecule has 128 valence electrons. The minimum absolute atomic E-state index is 0.0677. The molecule has 0 saturated carbocycles. The molecule has 0 unspecified atom stereocenters. The fourth-order valence-corrected chi connectivity index (χ4v) is 2.74. The lowest BCUT2D eigenvalue weighted by atomic mass is 10.1. The summed E-state index contributed by atoms with van der Waals surface area (Å²) < 4.78 is 25.2. The molecular weight excluding hydrogens is 328 g/mol. The predicted molar refractivity (Wildman–Crippen MR) is 91.4 cm³/mol. The van der Waals surface area contributed by atoms with E-state index in [1.54, 1.807) is 30.5 Å². The maximum absolute atomic E-state index is 11.7. The Morgan fingerprint density at radius 1 is 1.00 bits per heavy atom. The number of hydrogen-bond donors (Lipinski definition) is 3. The lowest BCUT2D eigenvalue weighted by Gasteiger charge is -2.08. The van der Waals surface area contributed by atoms with Gasteiger partial charge in [0.15, 0.2) is 0 Å². The van der Waals surface area contributed by atoms with Crippen molar-refractivity contribution in [1.82, 2.24) is 20.3 Å². The monoisotopic (exact) mass is 348 g/mol. The number of hydrogen-bond acceptors (Lipinski definition) is 4. The number of amides is 2. The molecule has 2 rings (SSSR count). The summed E-state index contributed by atoms with van der Waals surface area (Å²) in [7, 11) is -1.89. The van der Waals surface area contributed by atoms with E-state index in [-0.39, 0.29) is 11.8 Å². The summed E-state index contributed by atoms with van der Waals surface area (Å²) in [5, 5.41) is 5.46. The van der Waals surface area contributed by atoms with Gasteiger partial charge < -0.3 is 10.6 Å². The van der Waals surface area contributed by atoms with Crippen LogP contribution in [-0.4, -0.2) is 26.5 Å². The Labute approximate surface area is 141 Å². The van der Waals surface area contributed by atoms with Crippen molar-refractivity contribution in [3.63, 3.8) is 0 Å². The van der Waals surface area contributed by atoms with Crippen LogP contribution in [0.3, 0.4) is 0 Å². The Morgan fingerprint density at radius 3 is 2.29 bits per heavy atom. The molecule has 1 aromatic carbocycles. The lowest BCUT2D eigenvalue weighted by Crippen LogP contribution is -2.34. The smallest absolute Gasteiger partial charge is 0.315 e. The number of rotatable bonds is 7. The number of benzene rings is 1. The van der Waals surface area contributed by atoms with Crippen LogP contribution < -0.4 is 15.4 Å². The van der Waals surface area contributed by atoms with E-state index in [0.717, 1.165) is 11.3 Å². The van der Waals surface area contributed by atoms with E-state index in [2.05, 4.69) is 20.3 Å². The summed E-state index contributed by atoms with van der Waals surface area (Å²) in [5.41, 5.74) is 2.35. The number of nitrogens with zero attached hydrogens (tertiary/aromatic N) is 1. The molecule has 0 aliphatic heterocycles. The summed E-state index contributed by atoms with van der Waals surface area (Å²) in [6.07, 6.45) is 1.67. The van der Waals surface area contributed by atoms with Crippen molar-refractivity contribution in [1.29, 1.82) is 0 Å². The van der Waals surface area contributed by atoms with Crippen LogP contribution in [0.25, 0.3) is 0 Å². The van der Waals surface area contributed by atoms with E-state index in [1.807, 2.05) is 18.2 Å². The van der Waals surface area contributed by atoms with Crippen molar-refractivity contribution < 1.29 is 13.2 Å². The van der Waals surface area contributed by atoms with Crippen LogP contribution in [0.5, 0.6) is 0 Å². The van der Waals surface area contributed by atoms with Crippen LogP contribution in [0.2, 0.25) is 0 Å². The van der Waals surface area contributed by atoms with E-state index in [0.29, 0.717) is 18.7 Å². The van der Waals surface area contributed by atoms with Gasteiger partial charge in [0.2, 0.25) is 10.0 Å². The van der Waals surface area contributed by atoms with Gasteiger partial charge in [0, 0.05) is 12.7 Å². The third kappa shape index (κ3) is 5.98. The zero-order valence-electron chi connectivity index (χ0n) is 13.3. The number of pyridine rings is 1. The van der Waals surface area contributed by atoms with Gasteiger partial charge in [0.25, 0.3) is 0 Å². The van der Waals surface area contributed by atoms with Gasteiger partial charge in [0.1, 0.15) is 0 Å². The third-order valence-electron chi connectivity index (χ3n) is 3.30. The minimum atomic E-state index is -3.28. The van der Waals surface area contributed by atoms with Crippen LogP contribution in [0.15, 0.2) is 48.7 Å². The van der Waals surface area contributed by atoms with E-state index in [1.165, 1.54) is 7.05 Å². The molecular formula is C16H20N4O3S. The summed E-state index contributed by atoms with van der Waals surface area (Å²) in [6.45, 7) is 0.709. The molecule has 2 amide bonds. The molecule has 24 heavy (non-hydrogen) atoms. The first-order chi connectivity index (χ1) is 11.5. The molecule has 0 radical (unpaired) electrons. The average molecular weight is 348 g/mol. The standard InChI is InChI=1S/C16H20N4O3S/c1-17-24(22,23)12-14-7-5-13(6-8-14)10-19-16(21)20-11-15-4-2-3-9-18-15/h2-9,17H,10-12H2,1H3,(H2,19,20,21). The highest BCUT2D eigenvalue weighted by Gasteiger charge is 2.08. The molecule has 1 aromatic heterocycles. The Kier molecular flexibility index (Phi) is 6.28. The normalized spacial score (nSPS) is 11.0. The first-order valence-corrected chi connectivity index (χ1v) is 9.04. The number of carbonyl (C=O) groups excluding carboxylic acids is 1. The number of nitrogens with one attached hydrogen (secondary N) is 3. The van der Waals surface area contributed by atoms with Crippen molar-refractivity contribution in [2.75, 3.05) is 7.05 Å². The fraction of sp³-hybridized carbons (Fsp3) is 0.250. The quantitative estimate of drug-likeness (QED) is 0.698. The van der Waals surface area contributed by atoms with Crippen LogP contribution >= 0.6 is 0 Å². The van der Waals surface area contributed by atoms with Gasteiger partial charge in [-0.15, -0.1) is 0 Å². The summed E-state index contributed by atoms with van der Waals surface area (Å²) in [6, 6.07) is 12.3. The number of sulfonamides is 1. The average Bonchev–Trinajstić information content (AvgIpc) is 2.60. The molecule has 2 aromatic rings. The molecule has 0 aliphatic rings. The Hall–Kier alpha value is -2.45. The molecule has 0 fully saturated rings. The molecule has 3 N–H and O–H groups in total. The molecule has 0 saturated heterocycles. The number of aromatic nitrogens is 1. The second-order valence-corrected chi connectivity index (χ2v) is 7.06. The lowest BCUT2D eigenvalue weighted by molar-refractivity contribution is 0.240. The van der Waals surface area contributed by atoms with Crippen molar-refractivity contribution in [3.05, 3.63) is 65.5 Å². The van der Waals surface area contributed by atoms with Crippen LogP contribution in [0.4, 0.5) is 4.79 Å². The maximum atomic E-state index is 11.7. The Bertz CT molecular complexity index is 762. The van der Waals surface area contributed by atoms with Gasteiger partial charge in [-0.25, -0.2) is 17.9 Å². The predicted octanol–water partition coefficient (Wildman–Crippen LogP) is 1.13. The van der Waals surface area contributed by atoms with E-state index in [9.17, 15) is 13.2 Å². The topological polar surface area (TPSA) is 100 Å². The number of urea groups is 1. The molecule has 0 aliphatic carbocycles. The van der Waals surface area contributed by atoms with Gasteiger partial charge in [-0.3, -0.25) is 4.98 Å². The van der Waals surface area contributed by atoms with Gasteiger partial charge in [-0.1, -0.05) is 30.3 Å². The van der Waals surface area contributed by atoms with Crippen molar-refractivity contribution in [3.8, 4) is 0 Å². The zero-order valence-corrected chi connectivity index (χ0v) is 14.1. The Morgan fingerprint density at radius 2 is 1.67 bits per heavy atom. The van der Waals surface area contributed by atoms with Gasteiger partial charge in [-0.05, 0) is 30.3 Å².